The minimum Gasteiger partial charge on any atom is -0.356 e. The fraction of sp³-hybridized carbons (Fsp3) is 0.389. The molecule has 1 aromatic carbocycles. The maximum absolute atomic E-state index is 12.7. The molecule has 0 spiro atoms. The van der Waals surface area contributed by atoms with Gasteiger partial charge >= 0.3 is 0 Å². The number of para-hydroxylation sites is 1. The molecule has 21 heavy (non-hydrogen) atoms. The van der Waals surface area contributed by atoms with Gasteiger partial charge in [-0.25, -0.2) is 0 Å². The molecule has 3 aliphatic rings. The van der Waals surface area contributed by atoms with Crippen LogP contribution in [0.5, 0.6) is 0 Å². The van der Waals surface area contributed by atoms with Crippen LogP contribution in [-0.4, -0.2) is 22.3 Å². The van der Waals surface area contributed by atoms with E-state index in [0.29, 0.717) is 11.8 Å². The molecule has 106 valence electrons. The van der Waals surface area contributed by atoms with E-state index in [4.69, 9.17) is 0 Å². The van der Waals surface area contributed by atoms with Crippen LogP contribution in [0.25, 0.3) is 10.9 Å². The Kier molecular flexibility index (Phi) is 2.21. The highest BCUT2D eigenvalue weighted by molar-refractivity contribution is 5.88. The number of allylic oxidation sites excluding steroid dienone is 2. The van der Waals surface area contributed by atoms with Crippen molar-refractivity contribution in [1.82, 2.24) is 9.88 Å². The molecule has 0 radical (unpaired) electrons. The minimum absolute atomic E-state index is 0.206. The average Bonchev–Trinajstić information content (AvgIpc) is 3.04. The summed E-state index contributed by atoms with van der Waals surface area (Å²) in [6.07, 6.45) is 7.38. The molecule has 3 unspecified atom stereocenters. The molecular weight excluding hydrogens is 260 g/mol. The lowest BCUT2D eigenvalue weighted by molar-refractivity contribution is -0.132. The van der Waals surface area contributed by atoms with Crippen LogP contribution in [0.3, 0.4) is 0 Å². The third kappa shape index (κ3) is 1.41. The van der Waals surface area contributed by atoms with Crippen molar-refractivity contribution >= 4 is 16.8 Å². The van der Waals surface area contributed by atoms with Gasteiger partial charge in [-0.05, 0) is 30.9 Å². The van der Waals surface area contributed by atoms with E-state index in [1.165, 1.54) is 22.2 Å². The summed E-state index contributed by atoms with van der Waals surface area (Å²) in [5, 5.41) is 1.34. The Hall–Kier alpha value is -2.03. The maximum atomic E-state index is 12.7. The molecule has 2 aromatic rings. The summed E-state index contributed by atoms with van der Waals surface area (Å²) < 4.78 is 0. The van der Waals surface area contributed by atoms with Gasteiger partial charge in [0, 0.05) is 35.0 Å². The summed E-state index contributed by atoms with van der Waals surface area (Å²) in [6.45, 7) is 0.880. The van der Waals surface area contributed by atoms with Crippen LogP contribution < -0.4 is 0 Å². The zero-order valence-corrected chi connectivity index (χ0v) is 11.9. The van der Waals surface area contributed by atoms with Crippen LogP contribution in [0, 0.1) is 11.8 Å². The fourth-order valence-electron chi connectivity index (χ4n) is 4.64. The lowest BCUT2D eigenvalue weighted by atomic mass is 9.79. The number of benzene rings is 1. The smallest absolute Gasteiger partial charge is 0.226 e. The number of hydrogen-bond acceptors (Lipinski definition) is 1. The Morgan fingerprint density at radius 1 is 1.14 bits per heavy atom. The van der Waals surface area contributed by atoms with Crippen LogP contribution in [0.15, 0.2) is 36.4 Å². The number of nitrogens with one attached hydrogen (secondary N) is 1. The van der Waals surface area contributed by atoms with Gasteiger partial charge < -0.3 is 9.88 Å². The number of nitrogens with zero attached hydrogens (tertiary/aromatic N) is 1. The molecule has 1 N–H and O–H groups in total. The summed E-state index contributed by atoms with van der Waals surface area (Å²) in [5.74, 6) is 1.03. The number of carbonyl (C=O) groups excluding carboxylic acids is 1. The van der Waals surface area contributed by atoms with Crippen molar-refractivity contribution in [2.75, 3.05) is 6.54 Å². The first-order valence-corrected chi connectivity index (χ1v) is 7.89. The predicted molar refractivity (Wildman–Crippen MR) is 81.8 cm³/mol. The monoisotopic (exact) mass is 278 g/mol. The average molecular weight is 278 g/mol. The summed E-state index contributed by atoms with van der Waals surface area (Å²) >= 11 is 0. The van der Waals surface area contributed by atoms with E-state index in [9.17, 15) is 4.79 Å². The van der Waals surface area contributed by atoms with Crippen molar-refractivity contribution in [3.63, 3.8) is 0 Å². The van der Waals surface area contributed by atoms with E-state index in [0.717, 1.165) is 25.8 Å². The quantitative estimate of drug-likeness (QED) is 0.738. The van der Waals surface area contributed by atoms with Gasteiger partial charge in [0.05, 0.1) is 6.04 Å². The van der Waals surface area contributed by atoms with Crippen LogP contribution >= 0.6 is 0 Å². The van der Waals surface area contributed by atoms with Crippen molar-refractivity contribution in [1.29, 1.82) is 0 Å². The molecule has 0 saturated carbocycles. The molecule has 5 rings (SSSR count). The van der Waals surface area contributed by atoms with Crippen LogP contribution in [0.4, 0.5) is 0 Å². The third-order valence-corrected chi connectivity index (χ3v) is 5.57. The maximum Gasteiger partial charge on any atom is 0.226 e. The Bertz CT molecular complexity index is 773. The third-order valence-electron chi connectivity index (χ3n) is 5.57. The van der Waals surface area contributed by atoms with Crippen LogP contribution in [0.2, 0.25) is 0 Å². The van der Waals surface area contributed by atoms with Crippen molar-refractivity contribution < 1.29 is 4.79 Å². The largest absolute Gasteiger partial charge is 0.356 e. The van der Waals surface area contributed by atoms with Gasteiger partial charge in [-0.15, -0.1) is 0 Å². The Labute approximate surface area is 123 Å². The number of amides is 1. The highest BCUT2D eigenvalue weighted by Gasteiger charge is 2.50. The highest BCUT2D eigenvalue weighted by atomic mass is 16.2. The number of aromatic nitrogens is 1. The van der Waals surface area contributed by atoms with Gasteiger partial charge in [0.2, 0.25) is 5.91 Å². The second-order valence-electron chi connectivity index (χ2n) is 6.50. The molecule has 1 aromatic heterocycles. The summed E-state index contributed by atoms with van der Waals surface area (Å²) in [4.78, 5) is 18.4. The van der Waals surface area contributed by atoms with Crippen molar-refractivity contribution in [2.24, 2.45) is 11.8 Å². The number of aromatic amines is 1. The Morgan fingerprint density at radius 2 is 2.00 bits per heavy atom. The first kappa shape index (κ1) is 11.6. The second-order valence-corrected chi connectivity index (χ2v) is 6.50. The zero-order chi connectivity index (χ0) is 14.0. The molecule has 3 heteroatoms. The molecule has 0 bridgehead atoms. The van der Waals surface area contributed by atoms with Crippen molar-refractivity contribution in [2.45, 2.75) is 25.3 Å². The molecular formula is C18H18N2O. The standard InChI is InChI=1S/C18H18N2O/c21-18-14-7-2-1-6-13(14)17-16-12(9-10-20(17)18)11-5-3-4-8-15(11)19-16/h1-5,8,13-14,17,19H,6-7,9-10H2. The van der Waals surface area contributed by atoms with Crippen LogP contribution in [-0.2, 0) is 11.2 Å². The lowest BCUT2D eigenvalue weighted by Crippen LogP contribution is -2.35. The Morgan fingerprint density at radius 3 is 2.95 bits per heavy atom. The summed E-state index contributed by atoms with van der Waals surface area (Å²) in [7, 11) is 0. The van der Waals surface area contributed by atoms with E-state index < -0.39 is 0 Å². The van der Waals surface area contributed by atoms with Gasteiger partial charge in [0.15, 0.2) is 0 Å². The van der Waals surface area contributed by atoms with Crippen molar-refractivity contribution in [3.8, 4) is 0 Å². The number of H-pyrrole nitrogens is 1. The lowest BCUT2D eigenvalue weighted by Gasteiger charge is -2.33. The SMILES string of the molecule is O=C1C2CC=CCC2C2c3[nH]c4ccccc4c3CCN12. The second kappa shape index (κ2) is 4.00. The van der Waals surface area contributed by atoms with Gasteiger partial charge in [-0.2, -0.15) is 0 Å². The summed E-state index contributed by atoms with van der Waals surface area (Å²) in [6, 6.07) is 8.80. The summed E-state index contributed by atoms with van der Waals surface area (Å²) in [5.41, 5.74) is 3.96. The molecule has 1 amide bonds. The first-order valence-electron chi connectivity index (χ1n) is 7.89. The normalized spacial score (nSPS) is 30.4. The van der Waals surface area contributed by atoms with E-state index in [1.54, 1.807) is 0 Å². The van der Waals surface area contributed by atoms with E-state index in [2.05, 4.69) is 46.3 Å². The van der Waals surface area contributed by atoms with Gasteiger partial charge in [-0.1, -0.05) is 30.4 Å². The zero-order valence-electron chi connectivity index (χ0n) is 11.9. The van der Waals surface area contributed by atoms with Crippen molar-refractivity contribution in [3.05, 3.63) is 47.7 Å². The molecule has 3 heterocycles. The molecule has 2 aliphatic heterocycles. The topological polar surface area (TPSA) is 36.1 Å². The molecule has 1 saturated heterocycles. The molecule has 1 fully saturated rings. The van der Waals surface area contributed by atoms with E-state index >= 15 is 0 Å². The molecule has 3 atom stereocenters. The highest BCUT2D eigenvalue weighted by Crippen LogP contribution is 2.50. The fourth-order valence-corrected chi connectivity index (χ4v) is 4.64. The molecule has 1 aliphatic carbocycles. The molecule has 3 nitrogen and oxygen atoms in total. The number of hydrogen-bond donors (Lipinski definition) is 1. The van der Waals surface area contributed by atoms with Gasteiger partial charge in [-0.3, -0.25) is 4.79 Å². The number of rotatable bonds is 0. The van der Waals surface area contributed by atoms with Crippen LogP contribution in [0.1, 0.15) is 30.1 Å². The number of fused-ring (bicyclic) bond motifs is 7. The van der Waals surface area contributed by atoms with Gasteiger partial charge in [0.1, 0.15) is 0 Å². The van der Waals surface area contributed by atoms with E-state index in [1.807, 2.05) is 0 Å². The van der Waals surface area contributed by atoms with Gasteiger partial charge in [0.25, 0.3) is 0 Å². The van der Waals surface area contributed by atoms with E-state index in [-0.39, 0.29) is 12.0 Å². The number of carbonyl (C=O) groups is 1. The minimum atomic E-state index is 0.206. The predicted octanol–water partition coefficient (Wildman–Crippen LogP) is 3.19. The Balaban J connectivity index is 1.71. The first-order chi connectivity index (χ1) is 10.3.